The zero-order valence-electron chi connectivity index (χ0n) is 23.8. The molecule has 0 heterocycles. The monoisotopic (exact) mass is 509 g/mol. The van der Waals surface area contributed by atoms with Crippen molar-refractivity contribution in [3.63, 3.8) is 0 Å². The quantitative estimate of drug-likeness (QED) is 0.248. The zero-order chi connectivity index (χ0) is 26.3. The summed E-state index contributed by atoms with van der Waals surface area (Å²) in [4.78, 5) is 11.4. The van der Waals surface area contributed by atoms with E-state index in [0.717, 1.165) is 30.6 Å². The molecule has 3 aliphatic carbocycles. The van der Waals surface area contributed by atoms with Crippen molar-refractivity contribution in [2.24, 2.45) is 46.8 Å². The van der Waals surface area contributed by atoms with Crippen LogP contribution in [0.3, 0.4) is 0 Å². The topological polar surface area (TPSA) is 40.1 Å². The zero-order valence-corrected chi connectivity index (χ0v) is 23.8. The molecule has 0 amide bonds. The molecule has 0 N–H and O–H groups in total. The summed E-state index contributed by atoms with van der Waals surface area (Å²) in [5.74, 6) is 1.03. The number of carbonyl (C=O) groups excluding carboxylic acids is 1. The summed E-state index contributed by atoms with van der Waals surface area (Å²) in [5.41, 5.74) is -0.735. The highest BCUT2D eigenvalue weighted by atomic mass is 19.2. The number of unbranched alkanes of at least 4 members (excludes halogenated alkanes) is 2. The number of rotatable bonds is 12. The van der Waals surface area contributed by atoms with Crippen LogP contribution >= 0.6 is 0 Å². The number of carbonyl (C=O) groups is 1. The molecule has 2 nitrogen and oxygen atoms in total. The highest BCUT2D eigenvalue weighted by molar-refractivity contribution is 5.68. The van der Waals surface area contributed by atoms with Crippen LogP contribution in [0.2, 0.25) is 0 Å². The first-order valence-corrected chi connectivity index (χ1v) is 15.8. The Morgan fingerprint density at radius 3 is 2.03 bits per heavy atom. The fourth-order valence-electron chi connectivity index (χ4n) is 9.20. The maximum absolute atomic E-state index is 15.8. The molecule has 3 saturated carbocycles. The van der Waals surface area contributed by atoms with Crippen LogP contribution in [0.4, 0.5) is 8.78 Å². The van der Waals surface area contributed by atoms with E-state index >= 15 is 8.78 Å². The third kappa shape index (κ3) is 6.66. The number of carboxylic acids is 1. The number of alkyl halides is 2. The summed E-state index contributed by atoms with van der Waals surface area (Å²) in [7, 11) is 0. The molecule has 210 valence electrons. The molecule has 6 unspecified atom stereocenters. The third-order valence-electron chi connectivity index (χ3n) is 11.3. The summed E-state index contributed by atoms with van der Waals surface area (Å²) in [6.07, 6.45) is 15.6. The summed E-state index contributed by atoms with van der Waals surface area (Å²) in [6.45, 7) is 8.76. The normalized spacial score (nSPS) is 39.4. The van der Waals surface area contributed by atoms with Crippen molar-refractivity contribution in [3.8, 4) is 0 Å². The van der Waals surface area contributed by atoms with Crippen LogP contribution in [0.5, 0.6) is 0 Å². The van der Waals surface area contributed by atoms with Gasteiger partial charge in [-0.1, -0.05) is 79.1 Å². The summed E-state index contributed by atoms with van der Waals surface area (Å²) >= 11 is 0. The molecule has 0 aromatic rings. The number of aliphatic carboxylic acids is 1. The summed E-state index contributed by atoms with van der Waals surface area (Å²) in [6, 6.07) is 0. The van der Waals surface area contributed by atoms with Crippen LogP contribution in [0.15, 0.2) is 0 Å². The second-order valence-electron chi connectivity index (χ2n) is 13.1. The van der Waals surface area contributed by atoms with E-state index in [0.29, 0.717) is 24.7 Å². The van der Waals surface area contributed by atoms with Gasteiger partial charge in [-0.05, 0) is 93.3 Å². The van der Waals surface area contributed by atoms with Crippen LogP contribution in [0, 0.1) is 46.8 Å². The smallest absolute Gasteiger partial charge is 0.140 e. The van der Waals surface area contributed by atoms with E-state index in [1.54, 1.807) is 0 Å². The minimum atomic E-state index is -1.94. The Kier molecular flexibility index (Phi) is 11.6. The minimum Gasteiger partial charge on any atom is -0.550 e. The summed E-state index contributed by atoms with van der Waals surface area (Å²) in [5, 5.41) is 11.4. The lowest BCUT2D eigenvalue weighted by molar-refractivity contribution is -0.316. The Balaban J connectivity index is 1.58. The van der Waals surface area contributed by atoms with Crippen molar-refractivity contribution >= 4 is 5.97 Å². The van der Waals surface area contributed by atoms with Gasteiger partial charge in [-0.25, -0.2) is 8.78 Å². The second-order valence-corrected chi connectivity index (χ2v) is 13.1. The molecular weight excluding hydrogens is 454 g/mol. The van der Waals surface area contributed by atoms with Gasteiger partial charge in [-0.2, -0.15) is 0 Å². The first kappa shape index (κ1) is 29.9. The van der Waals surface area contributed by atoms with Gasteiger partial charge < -0.3 is 9.90 Å². The van der Waals surface area contributed by atoms with Gasteiger partial charge in [0.05, 0.1) is 0 Å². The van der Waals surface area contributed by atoms with Gasteiger partial charge in [0.25, 0.3) is 0 Å². The molecule has 0 radical (unpaired) electrons. The fourth-order valence-corrected chi connectivity index (χ4v) is 9.20. The first-order valence-electron chi connectivity index (χ1n) is 15.8. The average Bonchev–Trinajstić information content (AvgIpc) is 2.88. The molecule has 0 saturated heterocycles. The van der Waals surface area contributed by atoms with Gasteiger partial charge in [0.1, 0.15) is 12.3 Å². The molecular formula is C32H55F2O2-. The maximum Gasteiger partial charge on any atom is 0.140 e. The van der Waals surface area contributed by atoms with E-state index in [2.05, 4.69) is 20.8 Å². The minimum absolute atomic E-state index is 0.105. The lowest BCUT2D eigenvalue weighted by Crippen LogP contribution is -2.55. The fraction of sp³-hybridized carbons (Fsp3) is 0.969. The van der Waals surface area contributed by atoms with Crippen molar-refractivity contribution in [1.82, 2.24) is 0 Å². The van der Waals surface area contributed by atoms with Crippen molar-refractivity contribution in [3.05, 3.63) is 0 Å². The molecule has 0 bridgehead atoms. The van der Waals surface area contributed by atoms with Gasteiger partial charge >= 0.3 is 0 Å². The van der Waals surface area contributed by atoms with E-state index in [-0.39, 0.29) is 12.3 Å². The number of carboxylic acid groups (broad SMARTS) is 1. The SMILES string of the molecule is CCCCCC1CCC(C2CCC(C(C)C(CC)C3(CCC)CCC(C(=O)[O-])C(F)C3F)CC2)CC1. The molecule has 36 heavy (non-hydrogen) atoms. The van der Waals surface area contributed by atoms with Gasteiger partial charge in [-0.15, -0.1) is 0 Å². The lowest BCUT2D eigenvalue weighted by Gasteiger charge is -2.53. The molecule has 0 aliphatic heterocycles. The van der Waals surface area contributed by atoms with Gasteiger partial charge in [0.2, 0.25) is 0 Å². The highest BCUT2D eigenvalue weighted by Gasteiger charge is 2.55. The van der Waals surface area contributed by atoms with Gasteiger partial charge in [-0.3, -0.25) is 0 Å². The van der Waals surface area contributed by atoms with Crippen LogP contribution in [-0.4, -0.2) is 18.3 Å². The maximum atomic E-state index is 15.8. The predicted molar refractivity (Wildman–Crippen MR) is 143 cm³/mol. The molecule has 3 fully saturated rings. The van der Waals surface area contributed by atoms with Crippen molar-refractivity contribution in [1.29, 1.82) is 0 Å². The number of halogens is 2. The Morgan fingerprint density at radius 1 is 0.889 bits per heavy atom. The van der Waals surface area contributed by atoms with Crippen LogP contribution < -0.4 is 5.11 Å². The molecule has 4 heteroatoms. The average molecular weight is 510 g/mol. The van der Waals surface area contributed by atoms with Crippen LogP contribution in [0.25, 0.3) is 0 Å². The summed E-state index contributed by atoms with van der Waals surface area (Å²) < 4.78 is 30.9. The van der Waals surface area contributed by atoms with E-state index in [4.69, 9.17) is 0 Å². The molecule has 6 atom stereocenters. The van der Waals surface area contributed by atoms with Crippen molar-refractivity contribution in [2.75, 3.05) is 0 Å². The van der Waals surface area contributed by atoms with Crippen molar-refractivity contribution in [2.45, 2.75) is 149 Å². The van der Waals surface area contributed by atoms with E-state index in [1.165, 1.54) is 77.0 Å². The van der Waals surface area contributed by atoms with Crippen LogP contribution in [0.1, 0.15) is 137 Å². The molecule has 3 rings (SSSR count). The standard InChI is InChI=1S/C32H56F2O2/c1-5-8-9-10-23-11-13-25(14-12-23)26-17-15-24(16-18-26)22(4)28(7-3)32(20-6-2)21-19-27(31(35)36)29(33)30(32)34/h22-30H,5-21H2,1-4H3,(H,35,36)/p-1. The second kappa shape index (κ2) is 13.9. The Morgan fingerprint density at radius 2 is 1.50 bits per heavy atom. The van der Waals surface area contributed by atoms with E-state index < -0.39 is 29.6 Å². The van der Waals surface area contributed by atoms with Crippen molar-refractivity contribution < 1.29 is 18.7 Å². The van der Waals surface area contributed by atoms with Crippen LogP contribution in [-0.2, 0) is 4.79 Å². The van der Waals surface area contributed by atoms with Gasteiger partial charge in [0, 0.05) is 17.3 Å². The predicted octanol–water partition coefficient (Wildman–Crippen LogP) is 8.46. The third-order valence-corrected chi connectivity index (χ3v) is 11.3. The Labute approximate surface area is 220 Å². The Bertz CT molecular complexity index is 653. The van der Waals surface area contributed by atoms with E-state index in [9.17, 15) is 9.90 Å². The number of hydrogen-bond acceptors (Lipinski definition) is 2. The lowest BCUT2D eigenvalue weighted by atomic mass is 9.54. The van der Waals surface area contributed by atoms with E-state index in [1.807, 2.05) is 6.92 Å². The molecule has 3 aliphatic rings. The highest BCUT2D eigenvalue weighted by Crippen LogP contribution is 2.56. The molecule has 0 aromatic carbocycles. The van der Waals surface area contributed by atoms with Gasteiger partial charge in [0.15, 0.2) is 0 Å². The molecule has 0 aromatic heterocycles. The molecule has 0 spiro atoms. The Hall–Kier alpha value is -0.670. The first-order chi connectivity index (χ1) is 17.3. The number of hydrogen-bond donors (Lipinski definition) is 0. The largest absolute Gasteiger partial charge is 0.550 e.